The SMILES string of the molecule is CCN(CC)CCCCOC(=O)c1cc(OC)c(OC)c(OC)c1. The number of benzene rings is 1. The molecule has 0 saturated carbocycles. The highest BCUT2D eigenvalue weighted by Crippen LogP contribution is 2.38. The molecule has 0 unspecified atom stereocenters. The molecule has 0 bridgehead atoms. The van der Waals surface area contributed by atoms with E-state index < -0.39 is 5.97 Å². The molecule has 0 N–H and O–H groups in total. The first-order chi connectivity index (χ1) is 11.6. The molecule has 0 aliphatic rings. The Morgan fingerprint density at radius 1 is 0.958 bits per heavy atom. The Balaban J connectivity index is 2.59. The molecular weight excluding hydrogens is 310 g/mol. The molecule has 0 fully saturated rings. The van der Waals surface area contributed by atoms with Crippen molar-refractivity contribution in [1.29, 1.82) is 0 Å². The fraction of sp³-hybridized carbons (Fsp3) is 0.611. The summed E-state index contributed by atoms with van der Waals surface area (Å²) in [5, 5.41) is 0. The number of unbranched alkanes of at least 4 members (excludes halogenated alkanes) is 1. The van der Waals surface area contributed by atoms with Gasteiger partial charge < -0.3 is 23.8 Å². The zero-order chi connectivity index (χ0) is 17.9. The molecule has 0 saturated heterocycles. The van der Waals surface area contributed by atoms with Crippen LogP contribution in [0.1, 0.15) is 37.0 Å². The van der Waals surface area contributed by atoms with Crippen molar-refractivity contribution in [1.82, 2.24) is 4.90 Å². The molecular formula is C18H29NO5. The van der Waals surface area contributed by atoms with E-state index in [2.05, 4.69) is 18.7 Å². The van der Waals surface area contributed by atoms with Crippen molar-refractivity contribution in [2.75, 3.05) is 47.6 Å². The van der Waals surface area contributed by atoms with Crippen molar-refractivity contribution in [3.05, 3.63) is 17.7 Å². The van der Waals surface area contributed by atoms with Gasteiger partial charge in [0, 0.05) is 0 Å². The van der Waals surface area contributed by atoms with E-state index >= 15 is 0 Å². The minimum Gasteiger partial charge on any atom is -0.493 e. The van der Waals surface area contributed by atoms with Crippen LogP contribution in [-0.4, -0.2) is 58.4 Å². The molecule has 1 aromatic carbocycles. The van der Waals surface area contributed by atoms with Crippen molar-refractivity contribution in [2.45, 2.75) is 26.7 Å². The van der Waals surface area contributed by atoms with Crippen LogP contribution in [0, 0.1) is 0 Å². The Labute approximate surface area is 144 Å². The van der Waals surface area contributed by atoms with Gasteiger partial charge in [0.1, 0.15) is 0 Å². The third-order valence-electron chi connectivity index (χ3n) is 3.90. The lowest BCUT2D eigenvalue weighted by molar-refractivity contribution is 0.0494. The number of methoxy groups -OCH3 is 3. The summed E-state index contributed by atoms with van der Waals surface area (Å²) in [5.41, 5.74) is 0.383. The number of rotatable bonds is 11. The number of hydrogen-bond acceptors (Lipinski definition) is 6. The molecule has 24 heavy (non-hydrogen) atoms. The van der Waals surface area contributed by atoms with Gasteiger partial charge in [-0.3, -0.25) is 0 Å². The van der Waals surface area contributed by atoms with Crippen LogP contribution >= 0.6 is 0 Å². The fourth-order valence-corrected chi connectivity index (χ4v) is 2.42. The van der Waals surface area contributed by atoms with Gasteiger partial charge in [0.05, 0.1) is 33.5 Å². The molecule has 0 aliphatic carbocycles. The summed E-state index contributed by atoms with van der Waals surface area (Å²) in [6.45, 7) is 7.80. The van der Waals surface area contributed by atoms with E-state index in [0.29, 0.717) is 29.4 Å². The molecule has 0 spiro atoms. The van der Waals surface area contributed by atoms with E-state index in [1.54, 1.807) is 12.1 Å². The highest BCUT2D eigenvalue weighted by molar-refractivity contribution is 5.91. The predicted octanol–water partition coefficient (Wildman–Crippen LogP) is 2.99. The zero-order valence-electron chi connectivity index (χ0n) is 15.4. The van der Waals surface area contributed by atoms with Gasteiger partial charge in [0.2, 0.25) is 5.75 Å². The van der Waals surface area contributed by atoms with Crippen LogP contribution in [0.4, 0.5) is 0 Å². The van der Waals surface area contributed by atoms with Crippen LogP contribution in [-0.2, 0) is 4.74 Å². The first kappa shape index (κ1) is 20.1. The van der Waals surface area contributed by atoms with Crippen LogP contribution in [0.5, 0.6) is 17.2 Å². The highest BCUT2D eigenvalue weighted by Gasteiger charge is 2.17. The van der Waals surface area contributed by atoms with Crippen LogP contribution in [0.2, 0.25) is 0 Å². The maximum atomic E-state index is 12.2. The maximum Gasteiger partial charge on any atom is 0.338 e. The van der Waals surface area contributed by atoms with Gasteiger partial charge >= 0.3 is 5.97 Å². The first-order valence-electron chi connectivity index (χ1n) is 8.30. The van der Waals surface area contributed by atoms with Crippen LogP contribution in [0.15, 0.2) is 12.1 Å². The first-order valence-corrected chi connectivity index (χ1v) is 8.30. The van der Waals surface area contributed by atoms with Gasteiger partial charge in [-0.25, -0.2) is 4.79 Å². The molecule has 136 valence electrons. The molecule has 1 aromatic rings. The number of ether oxygens (including phenoxy) is 4. The summed E-state index contributed by atoms with van der Waals surface area (Å²) in [6, 6.07) is 3.19. The molecule has 0 aliphatic heterocycles. The summed E-state index contributed by atoms with van der Waals surface area (Å²) in [6.07, 6.45) is 1.84. The van der Waals surface area contributed by atoms with Gasteiger partial charge in [0.15, 0.2) is 11.5 Å². The molecule has 6 heteroatoms. The second-order valence-electron chi connectivity index (χ2n) is 5.28. The van der Waals surface area contributed by atoms with Gasteiger partial charge in [-0.15, -0.1) is 0 Å². The summed E-state index contributed by atoms with van der Waals surface area (Å²) in [5.74, 6) is 0.934. The van der Waals surface area contributed by atoms with Gasteiger partial charge in [0.25, 0.3) is 0 Å². The lowest BCUT2D eigenvalue weighted by Crippen LogP contribution is -2.24. The largest absolute Gasteiger partial charge is 0.493 e. The smallest absolute Gasteiger partial charge is 0.338 e. The van der Waals surface area contributed by atoms with Crippen molar-refractivity contribution >= 4 is 5.97 Å². The molecule has 0 atom stereocenters. The number of carbonyl (C=O) groups is 1. The third-order valence-corrected chi connectivity index (χ3v) is 3.90. The van der Waals surface area contributed by atoms with Crippen molar-refractivity contribution in [2.24, 2.45) is 0 Å². The van der Waals surface area contributed by atoms with E-state index in [-0.39, 0.29) is 0 Å². The topological polar surface area (TPSA) is 57.2 Å². The average Bonchev–Trinajstić information content (AvgIpc) is 2.63. The third kappa shape index (κ3) is 5.60. The molecule has 0 aromatic heterocycles. The van der Waals surface area contributed by atoms with Crippen LogP contribution in [0.3, 0.4) is 0 Å². The monoisotopic (exact) mass is 339 g/mol. The fourth-order valence-electron chi connectivity index (χ4n) is 2.42. The normalized spacial score (nSPS) is 10.6. The zero-order valence-corrected chi connectivity index (χ0v) is 15.4. The highest BCUT2D eigenvalue weighted by atomic mass is 16.5. The molecule has 0 heterocycles. The standard InChI is InChI=1S/C18H29NO5/c1-6-19(7-2)10-8-9-11-24-18(20)14-12-15(21-3)17(23-5)16(13-14)22-4/h12-13H,6-11H2,1-5H3. The van der Waals surface area contributed by atoms with Crippen LogP contribution < -0.4 is 14.2 Å². The summed E-state index contributed by atoms with van der Waals surface area (Å²) < 4.78 is 21.1. The van der Waals surface area contributed by atoms with E-state index in [1.807, 2.05) is 0 Å². The second kappa shape index (κ2) is 10.8. The van der Waals surface area contributed by atoms with Gasteiger partial charge in [-0.1, -0.05) is 13.8 Å². The van der Waals surface area contributed by atoms with Crippen molar-refractivity contribution in [3.8, 4) is 17.2 Å². The molecule has 0 amide bonds. The van der Waals surface area contributed by atoms with E-state index in [0.717, 1.165) is 32.5 Å². The predicted molar refractivity (Wildman–Crippen MR) is 93.4 cm³/mol. The Hall–Kier alpha value is -1.95. The molecule has 1 rings (SSSR count). The quantitative estimate of drug-likeness (QED) is 0.456. The molecule has 6 nitrogen and oxygen atoms in total. The van der Waals surface area contributed by atoms with Crippen molar-refractivity contribution in [3.63, 3.8) is 0 Å². The lowest BCUT2D eigenvalue weighted by Gasteiger charge is -2.17. The van der Waals surface area contributed by atoms with Gasteiger partial charge in [-0.2, -0.15) is 0 Å². The number of hydrogen-bond donors (Lipinski definition) is 0. The maximum absolute atomic E-state index is 12.2. The minimum atomic E-state index is -0.392. The number of esters is 1. The summed E-state index contributed by atoms with van der Waals surface area (Å²) in [4.78, 5) is 14.6. The second-order valence-corrected chi connectivity index (χ2v) is 5.28. The Kier molecular flexibility index (Phi) is 9.01. The number of carbonyl (C=O) groups excluding carboxylic acids is 1. The Morgan fingerprint density at radius 3 is 2.00 bits per heavy atom. The summed E-state index contributed by atoms with van der Waals surface area (Å²) in [7, 11) is 4.55. The minimum absolute atomic E-state index is 0.383. The van der Waals surface area contributed by atoms with E-state index in [4.69, 9.17) is 18.9 Å². The molecule has 0 radical (unpaired) electrons. The van der Waals surface area contributed by atoms with E-state index in [9.17, 15) is 4.79 Å². The van der Waals surface area contributed by atoms with Gasteiger partial charge in [-0.05, 0) is 44.6 Å². The van der Waals surface area contributed by atoms with Crippen LogP contribution in [0.25, 0.3) is 0 Å². The lowest BCUT2D eigenvalue weighted by atomic mass is 10.2. The average molecular weight is 339 g/mol. The number of nitrogens with zero attached hydrogens (tertiary/aromatic N) is 1. The van der Waals surface area contributed by atoms with E-state index in [1.165, 1.54) is 21.3 Å². The summed E-state index contributed by atoms with van der Waals surface area (Å²) >= 11 is 0. The van der Waals surface area contributed by atoms with Crippen molar-refractivity contribution < 1.29 is 23.7 Å². The Morgan fingerprint density at radius 2 is 1.54 bits per heavy atom. The Bertz CT molecular complexity index is 489.